The zero-order chi connectivity index (χ0) is 19.2. The van der Waals surface area contributed by atoms with E-state index in [1.807, 2.05) is 18.7 Å². The van der Waals surface area contributed by atoms with Gasteiger partial charge in [0, 0.05) is 30.5 Å². The summed E-state index contributed by atoms with van der Waals surface area (Å²) in [6.45, 7) is 6.95. The van der Waals surface area contributed by atoms with Gasteiger partial charge in [-0.1, -0.05) is 26.8 Å². The van der Waals surface area contributed by atoms with Crippen LogP contribution in [-0.4, -0.2) is 29.1 Å². The fraction of sp³-hybridized carbons (Fsp3) is 0.500. The quantitative estimate of drug-likeness (QED) is 0.722. The Bertz CT molecular complexity index is 742. The average Bonchev–Trinajstić information content (AvgIpc) is 3.17. The van der Waals surface area contributed by atoms with Crippen molar-refractivity contribution in [2.45, 2.75) is 46.3 Å². The largest absolute Gasteiger partial charge is 0.463 e. The number of pyridine rings is 1. The van der Waals surface area contributed by atoms with Gasteiger partial charge in [0.15, 0.2) is 5.76 Å². The van der Waals surface area contributed by atoms with E-state index in [0.717, 1.165) is 0 Å². The standard InChI is InChI=1S/C18H19F2N3O.C2H6/c1-18(6-8-21)7-9-23(12-16(18)19)11-13-4-5-14(22-17(13)20)15-3-2-10-24-15;1-2/h2-5,10,16H,6-7,9,11-12H2,1H3;1-2H3. The first-order chi connectivity index (χ1) is 12.5. The maximum Gasteiger partial charge on any atom is 0.218 e. The van der Waals surface area contributed by atoms with Gasteiger partial charge in [-0.25, -0.2) is 9.37 Å². The number of hydrogen-bond acceptors (Lipinski definition) is 4. The molecule has 140 valence electrons. The van der Waals surface area contributed by atoms with Gasteiger partial charge < -0.3 is 4.42 Å². The van der Waals surface area contributed by atoms with E-state index in [2.05, 4.69) is 11.1 Å². The topological polar surface area (TPSA) is 53.1 Å². The molecule has 0 aromatic carbocycles. The van der Waals surface area contributed by atoms with Crippen molar-refractivity contribution in [2.24, 2.45) is 5.41 Å². The fourth-order valence-electron chi connectivity index (χ4n) is 3.02. The van der Waals surface area contributed by atoms with Crippen LogP contribution in [0, 0.1) is 22.7 Å². The van der Waals surface area contributed by atoms with Crippen molar-refractivity contribution in [3.63, 3.8) is 0 Å². The predicted octanol–water partition coefficient (Wildman–Crippen LogP) is 4.97. The van der Waals surface area contributed by atoms with Crippen molar-refractivity contribution in [1.29, 1.82) is 5.26 Å². The summed E-state index contributed by atoms with van der Waals surface area (Å²) < 4.78 is 33.9. The van der Waals surface area contributed by atoms with E-state index in [1.165, 1.54) is 6.26 Å². The molecule has 1 saturated heterocycles. The Hall–Kier alpha value is -2.26. The second-order valence-electron chi connectivity index (χ2n) is 6.57. The number of alkyl halides is 1. The van der Waals surface area contributed by atoms with Crippen molar-refractivity contribution in [2.75, 3.05) is 13.1 Å². The maximum atomic E-state index is 14.4. The molecule has 3 heterocycles. The van der Waals surface area contributed by atoms with Gasteiger partial charge in [-0.15, -0.1) is 0 Å². The lowest BCUT2D eigenvalue weighted by atomic mass is 9.76. The SMILES string of the molecule is CC.CC1(CC#N)CCN(Cc2ccc(-c3ccco3)nc2F)CC1F. The molecule has 3 rings (SSSR count). The summed E-state index contributed by atoms with van der Waals surface area (Å²) in [4.78, 5) is 5.81. The monoisotopic (exact) mass is 361 g/mol. The Morgan fingerprint density at radius 1 is 1.38 bits per heavy atom. The third kappa shape index (κ3) is 4.47. The van der Waals surface area contributed by atoms with Crippen LogP contribution in [0.2, 0.25) is 0 Å². The molecular formula is C20H25F2N3O. The lowest BCUT2D eigenvalue weighted by Gasteiger charge is -2.40. The van der Waals surface area contributed by atoms with Gasteiger partial charge in [-0.3, -0.25) is 4.90 Å². The average molecular weight is 361 g/mol. The number of nitriles is 1. The second-order valence-corrected chi connectivity index (χ2v) is 6.57. The first-order valence-electron chi connectivity index (χ1n) is 8.94. The molecule has 1 aliphatic heterocycles. The lowest BCUT2D eigenvalue weighted by molar-refractivity contribution is 0.0181. The number of hydrogen-bond donors (Lipinski definition) is 0. The summed E-state index contributed by atoms with van der Waals surface area (Å²) in [5.41, 5.74) is 0.261. The molecule has 0 bridgehead atoms. The van der Waals surface area contributed by atoms with Gasteiger partial charge >= 0.3 is 0 Å². The fourth-order valence-corrected chi connectivity index (χ4v) is 3.02. The normalized spacial score (nSPS) is 23.0. The van der Waals surface area contributed by atoms with Gasteiger partial charge in [0.25, 0.3) is 0 Å². The van der Waals surface area contributed by atoms with E-state index in [9.17, 15) is 8.78 Å². The van der Waals surface area contributed by atoms with Crippen LogP contribution in [-0.2, 0) is 6.54 Å². The summed E-state index contributed by atoms with van der Waals surface area (Å²) in [7, 11) is 0. The summed E-state index contributed by atoms with van der Waals surface area (Å²) in [6.07, 6.45) is 1.21. The number of likely N-dealkylation sites (tertiary alicyclic amines) is 1. The molecule has 2 unspecified atom stereocenters. The van der Waals surface area contributed by atoms with Crippen LogP contribution in [0.1, 0.15) is 39.2 Å². The maximum absolute atomic E-state index is 14.4. The zero-order valence-electron chi connectivity index (χ0n) is 15.5. The third-order valence-corrected chi connectivity index (χ3v) is 4.75. The molecular weight excluding hydrogens is 336 g/mol. The molecule has 6 heteroatoms. The van der Waals surface area contributed by atoms with Crippen LogP contribution in [0.3, 0.4) is 0 Å². The number of aromatic nitrogens is 1. The van der Waals surface area contributed by atoms with Crippen molar-refractivity contribution in [3.8, 4) is 17.5 Å². The number of halogens is 2. The number of nitrogens with zero attached hydrogens (tertiary/aromatic N) is 3. The van der Waals surface area contributed by atoms with Crippen LogP contribution < -0.4 is 0 Å². The van der Waals surface area contributed by atoms with Crippen molar-refractivity contribution >= 4 is 0 Å². The Balaban J connectivity index is 0.00000117. The van der Waals surface area contributed by atoms with Gasteiger partial charge in [0.05, 0.1) is 12.3 Å². The highest BCUT2D eigenvalue weighted by molar-refractivity contribution is 5.51. The van der Waals surface area contributed by atoms with Crippen LogP contribution >= 0.6 is 0 Å². The summed E-state index contributed by atoms with van der Waals surface area (Å²) in [6, 6.07) is 8.87. The molecule has 0 amide bonds. The van der Waals surface area contributed by atoms with Crippen LogP contribution in [0.4, 0.5) is 8.78 Å². The van der Waals surface area contributed by atoms with Crippen molar-refractivity contribution in [1.82, 2.24) is 9.88 Å². The Kier molecular flexibility index (Phi) is 6.87. The summed E-state index contributed by atoms with van der Waals surface area (Å²) in [5.74, 6) is -0.0563. The molecule has 1 aliphatic rings. The third-order valence-electron chi connectivity index (χ3n) is 4.75. The highest BCUT2D eigenvalue weighted by Gasteiger charge is 2.39. The van der Waals surface area contributed by atoms with E-state index in [1.54, 1.807) is 31.2 Å². The van der Waals surface area contributed by atoms with Gasteiger partial charge in [0.2, 0.25) is 5.95 Å². The van der Waals surface area contributed by atoms with Crippen LogP contribution in [0.5, 0.6) is 0 Å². The first-order valence-corrected chi connectivity index (χ1v) is 8.94. The minimum Gasteiger partial charge on any atom is -0.463 e. The highest BCUT2D eigenvalue weighted by atomic mass is 19.1. The molecule has 0 aliphatic carbocycles. The molecule has 0 saturated carbocycles. The van der Waals surface area contributed by atoms with Crippen molar-refractivity contribution < 1.29 is 13.2 Å². The molecule has 0 N–H and O–H groups in total. The Morgan fingerprint density at radius 3 is 2.73 bits per heavy atom. The second kappa shape index (κ2) is 8.91. The van der Waals surface area contributed by atoms with E-state index < -0.39 is 17.5 Å². The lowest BCUT2D eigenvalue weighted by Crippen LogP contribution is -2.47. The van der Waals surface area contributed by atoms with Crippen LogP contribution in [0.25, 0.3) is 11.5 Å². The zero-order valence-corrected chi connectivity index (χ0v) is 15.5. The van der Waals surface area contributed by atoms with Crippen LogP contribution in [0.15, 0.2) is 34.9 Å². The molecule has 0 spiro atoms. The number of furan rings is 1. The highest BCUT2D eigenvalue weighted by Crippen LogP contribution is 2.37. The van der Waals surface area contributed by atoms with Gasteiger partial charge in [-0.2, -0.15) is 9.65 Å². The first kappa shape index (κ1) is 20.1. The minimum atomic E-state index is -1.09. The smallest absolute Gasteiger partial charge is 0.218 e. The molecule has 4 nitrogen and oxygen atoms in total. The predicted molar refractivity (Wildman–Crippen MR) is 96.4 cm³/mol. The van der Waals surface area contributed by atoms with E-state index in [-0.39, 0.29) is 13.0 Å². The van der Waals surface area contributed by atoms with Gasteiger partial charge in [-0.05, 0) is 31.2 Å². The minimum absolute atomic E-state index is 0.204. The Labute approximate surface area is 153 Å². The van der Waals surface area contributed by atoms with E-state index >= 15 is 0 Å². The summed E-state index contributed by atoms with van der Waals surface area (Å²) >= 11 is 0. The molecule has 2 aromatic heterocycles. The molecule has 26 heavy (non-hydrogen) atoms. The molecule has 2 atom stereocenters. The van der Waals surface area contributed by atoms with Crippen molar-refractivity contribution in [3.05, 3.63) is 42.0 Å². The summed E-state index contributed by atoms with van der Waals surface area (Å²) in [5, 5.41) is 8.85. The number of rotatable bonds is 4. The van der Waals surface area contributed by atoms with E-state index in [0.29, 0.717) is 36.5 Å². The molecule has 2 aromatic rings. The number of piperidine rings is 1. The van der Waals surface area contributed by atoms with Gasteiger partial charge in [0.1, 0.15) is 11.9 Å². The van der Waals surface area contributed by atoms with E-state index in [4.69, 9.17) is 9.68 Å². The molecule has 0 radical (unpaired) electrons. The Morgan fingerprint density at radius 2 is 2.15 bits per heavy atom. The molecule has 1 fully saturated rings.